The zero-order valence-corrected chi connectivity index (χ0v) is 11.7. The molecule has 0 unspecified atom stereocenters. The van der Waals surface area contributed by atoms with Crippen molar-refractivity contribution in [2.75, 3.05) is 0 Å². The zero-order chi connectivity index (χ0) is 14.0. The summed E-state index contributed by atoms with van der Waals surface area (Å²) in [4.78, 5) is 0. The Kier molecular flexibility index (Phi) is 7.25. The van der Waals surface area contributed by atoms with Crippen LogP contribution in [0.4, 0.5) is 0 Å². The Morgan fingerprint density at radius 3 is 2.26 bits per heavy atom. The molecule has 0 heterocycles. The molecule has 1 aromatic rings. The second-order valence-corrected chi connectivity index (χ2v) is 4.86. The number of hydrogen-bond acceptors (Lipinski definition) is 2. The molecule has 19 heavy (non-hydrogen) atoms. The number of rotatable bonds is 7. The van der Waals surface area contributed by atoms with E-state index in [1.165, 1.54) is 32.1 Å². The molecule has 0 radical (unpaired) electrons. The Morgan fingerprint density at radius 2 is 1.58 bits per heavy atom. The molecule has 0 aliphatic rings. The Morgan fingerprint density at radius 1 is 0.947 bits per heavy atom. The second kappa shape index (κ2) is 8.74. The maximum Gasteiger partial charge on any atom is 0.256 e. The van der Waals surface area contributed by atoms with Crippen molar-refractivity contribution in [2.24, 2.45) is 0 Å². The first-order valence-corrected chi connectivity index (χ1v) is 7.17. The van der Waals surface area contributed by atoms with Crippen molar-refractivity contribution in [3.05, 3.63) is 35.9 Å². The first-order chi connectivity index (χ1) is 9.17. The number of unbranched alkanes of at least 4 members (excludes halogenated alkanes) is 6. The molecule has 1 rings (SSSR count). The van der Waals surface area contributed by atoms with Crippen LogP contribution >= 0.6 is 0 Å². The molecule has 0 atom stereocenters. The van der Waals surface area contributed by atoms with Gasteiger partial charge in [0, 0.05) is 12.0 Å². The monoisotopic (exact) mass is 260 g/mol. The molecule has 2 nitrogen and oxygen atoms in total. The van der Waals surface area contributed by atoms with Crippen LogP contribution in [0.3, 0.4) is 0 Å². The summed E-state index contributed by atoms with van der Waals surface area (Å²) < 4.78 is 0. The van der Waals surface area contributed by atoms with Gasteiger partial charge in [-0.3, -0.25) is 0 Å². The van der Waals surface area contributed by atoms with E-state index >= 15 is 0 Å². The fourth-order valence-electron chi connectivity index (χ4n) is 1.92. The van der Waals surface area contributed by atoms with E-state index in [0.29, 0.717) is 5.56 Å². The van der Waals surface area contributed by atoms with Gasteiger partial charge in [-0.05, 0) is 12.3 Å². The normalized spacial score (nSPS) is 10.9. The van der Waals surface area contributed by atoms with Crippen molar-refractivity contribution >= 4 is 0 Å². The molecule has 0 aromatic heterocycles. The van der Waals surface area contributed by atoms with Crippen LogP contribution in [-0.2, 0) is 5.79 Å². The number of aliphatic hydroxyl groups is 2. The summed E-state index contributed by atoms with van der Waals surface area (Å²) in [6.45, 7) is 2.21. The molecule has 0 aliphatic carbocycles. The average molecular weight is 260 g/mol. The minimum absolute atomic E-state index is 0.422. The molecule has 0 aliphatic heterocycles. The summed E-state index contributed by atoms with van der Waals surface area (Å²) in [6.07, 6.45) is 8.02. The second-order valence-electron chi connectivity index (χ2n) is 4.86. The Balaban J connectivity index is 2.29. The molecule has 0 saturated heterocycles. The SMILES string of the molecule is CCCCCCCCC#CC(O)(O)c1ccccc1. The fourth-order valence-corrected chi connectivity index (χ4v) is 1.92. The highest BCUT2D eigenvalue weighted by atomic mass is 16.5. The van der Waals surface area contributed by atoms with E-state index < -0.39 is 5.79 Å². The van der Waals surface area contributed by atoms with Gasteiger partial charge in [0.2, 0.25) is 0 Å². The molecule has 0 bridgehead atoms. The lowest BCUT2D eigenvalue weighted by molar-refractivity contribution is -0.116. The van der Waals surface area contributed by atoms with Gasteiger partial charge in [-0.15, -0.1) is 0 Å². The Hall–Kier alpha value is -1.30. The highest BCUT2D eigenvalue weighted by Gasteiger charge is 2.21. The predicted octanol–water partition coefficient (Wildman–Crippen LogP) is 3.58. The van der Waals surface area contributed by atoms with Crippen molar-refractivity contribution in [3.63, 3.8) is 0 Å². The van der Waals surface area contributed by atoms with Gasteiger partial charge in [-0.1, -0.05) is 75.3 Å². The number of hydrogen-bond donors (Lipinski definition) is 2. The molecule has 0 amide bonds. The van der Waals surface area contributed by atoms with Gasteiger partial charge in [0.15, 0.2) is 0 Å². The van der Waals surface area contributed by atoms with Gasteiger partial charge in [-0.25, -0.2) is 0 Å². The molecular weight excluding hydrogens is 236 g/mol. The largest absolute Gasteiger partial charge is 0.352 e. The van der Waals surface area contributed by atoms with E-state index in [0.717, 1.165) is 12.8 Å². The Bertz CT molecular complexity index is 398. The van der Waals surface area contributed by atoms with Gasteiger partial charge in [-0.2, -0.15) is 0 Å². The molecule has 1 aromatic carbocycles. The van der Waals surface area contributed by atoms with Crippen LogP contribution in [0.15, 0.2) is 30.3 Å². The van der Waals surface area contributed by atoms with Gasteiger partial charge in [0.05, 0.1) is 0 Å². The van der Waals surface area contributed by atoms with Crippen LogP contribution in [0.5, 0.6) is 0 Å². The minimum atomic E-state index is -2.02. The highest BCUT2D eigenvalue weighted by molar-refractivity contribution is 5.27. The first kappa shape index (κ1) is 15.8. The van der Waals surface area contributed by atoms with E-state index in [1.54, 1.807) is 24.3 Å². The van der Waals surface area contributed by atoms with Gasteiger partial charge >= 0.3 is 0 Å². The highest BCUT2D eigenvalue weighted by Crippen LogP contribution is 2.16. The first-order valence-electron chi connectivity index (χ1n) is 7.17. The van der Waals surface area contributed by atoms with Crippen LogP contribution in [0, 0.1) is 11.8 Å². The van der Waals surface area contributed by atoms with Crippen LogP contribution in [-0.4, -0.2) is 10.2 Å². The molecule has 0 fully saturated rings. The average Bonchev–Trinajstić information content (AvgIpc) is 2.43. The van der Waals surface area contributed by atoms with E-state index in [-0.39, 0.29) is 0 Å². The van der Waals surface area contributed by atoms with Crippen LogP contribution in [0.25, 0.3) is 0 Å². The summed E-state index contributed by atoms with van der Waals surface area (Å²) in [5.41, 5.74) is 0.422. The molecule has 2 heteroatoms. The van der Waals surface area contributed by atoms with Crippen LogP contribution in [0.1, 0.15) is 57.4 Å². The van der Waals surface area contributed by atoms with Crippen molar-refractivity contribution < 1.29 is 10.2 Å². The smallest absolute Gasteiger partial charge is 0.256 e. The maximum atomic E-state index is 9.84. The van der Waals surface area contributed by atoms with Gasteiger partial charge < -0.3 is 10.2 Å². The lowest BCUT2D eigenvalue weighted by Crippen LogP contribution is -2.22. The maximum absolute atomic E-state index is 9.84. The van der Waals surface area contributed by atoms with Crippen LogP contribution < -0.4 is 0 Å². The van der Waals surface area contributed by atoms with E-state index in [4.69, 9.17) is 0 Å². The van der Waals surface area contributed by atoms with Crippen molar-refractivity contribution in [2.45, 2.75) is 57.7 Å². The molecule has 2 N–H and O–H groups in total. The summed E-state index contributed by atoms with van der Waals surface area (Å²) >= 11 is 0. The lowest BCUT2D eigenvalue weighted by atomic mass is 10.1. The minimum Gasteiger partial charge on any atom is -0.352 e. The zero-order valence-electron chi connectivity index (χ0n) is 11.7. The third-order valence-corrected chi connectivity index (χ3v) is 3.09. The van der Waals surface area contributed by atoms with E-state index in [2.05, 4.69) is 18.8 Å². The summed E-state index contributed by atoms with van der Waals surface area (Å²) in [6, 6.07) is 8.71. The predicted molar refractivity (Wildman–Crippen MR) is 78.3 cm³/mol. The molecule has 104 valence electrons. The van der Waals surface area contributed by atoms with Crippen molar-refractivity contribution in [3.8, 4) is 11.8 Å². The van der Waals surface area contributed by atoms with Crippen molar-refractivity contribution in [1.29, 1.82) is 0 Å². The van der Waals surface area contributed by atoms with Crippen LogP contribution in [0.2, 0.25) is 0 Å². The number of benzene rings is 1. The quantitative estimate of drug-likeness (QED) is 0.447. The van der Waals surface area contributed by atoms with Gasteiger partial charge in [0.25, 0.3) is 5.79 Å². The Labute approximate surface area is 116 Å². The third kappa shape index (κ3) is 6.42. The summed E-state index contributed by atoms with van der Waals surface area (Å²) in [5.74, 6) is 3.38. The lowest BCUT2D eigenvalue weighted by Gasteiger charge is -2.14. The summed E-state index contributed by atoms with van der Waals surface area (Å²) in [5, 5.41) is 19.7. The van der Waals surface area contributed by atoms with E-state index in [9.17, 15) is 10.2 Å². The summed E-state index contributed by atoms with van der Waals surface area (Å²) in [7, 11) is 0. The fraction of sp³-hybridized carbons (Fsp3) is 0.529. The third-order valence-electron chi connectivity index (χ3n) is 3.09. The molecular formula is C17H24O2. The van der Waals surface area contributed by atoms with Gasteiger partial charge in [0.1, 0.15) is 0 Å². The standard InChI is InChI=1S/C17H24O2/c1-2-3-4-5-6-7-8-12-15-17(18,19)16-13-10-9-11-14-16/h9-11,13-14,18-19H,2-8H2,1H3. The van der Waals surface area contributed by atoms with E-state index in [1.807, 2.05) is 6.07 Å². The molecule has 0 saturated carbocycles. The topological polar surface area (TPSA) is 40.5 Å². The van der Waals surface area contributed by atoms with Crippen molar-refractivity contribution in [1.82, 2.24) is 0 Å². The molecule has 0 spiro atoms.